The summed E-state index contributed by atoms with van der Waals surface area (Å²) in [4.78, 5) is 23.9. The summed E-state index contributed by atoms with van der Waals surface area (Å²) in [6.45, 7) is 5.00. The SMILES string of the molecule is COc1cc(C(=O)NCc2cc(C)nc(N3CCOCC3)n2)cc(OC)c1OC. The lowest BCUT2D eigenvalue weighted by Crippen LogP contribution is -2.37. The molecule has 1 aromatic carbocycles. The first-order valence-corrected chi connectivity index (χ1v) is 9.31. The second-order valence-corrected chi connectivity index (χ2v) is 6.50. The molecule has 156 valence electrons. The van der Waals surface area contributed by atoms with Gasteiger partial charge in [-0.15, -0.1) is 0 Å². The van der Waals surface area contributed by atoms with Crippen LogP contribution in [0, 0.1) is 6.92 Å². The predicted molar refractivity (Wildman–Crippen MR) is 107 cm³/mol. The Morgan fingerprint density at radius 3 is 2.31 bits per heavy atom. The first-order valence-electron chi connectivity index (χ1n) is 9.31. The van der Waals surface area contributed by atoms with E-state index in [-0.39, 0.29) is 12.5 Å². The number of nitrogens with zero attached hydrogens (tertiary/aromatic N) is 3. The third kappa shape index (κ3) is 4.86. The average molecular weight is 402 g/mol. The lowest BCUT2D eigenvalue weighted by Gasteiger charge is -2.27. The van der Waals surface area contributed by atoms with Gasteiger partial charge < -0.3 is 29.2 Å². The molecule has 1 aliphatic heterocycles. The minimum Gasteiger partial charge on any atom is -0.493 e. The molecule has 1 aromatic heterocycles. The number of nitrogens with one attached hydrogen (secondary N) is 1. The van der Waals surface area contributed by atoms with E-state index in [2.05, 4.69) is 20.2 Å². The van der Waals surface area contributed by atoms with Crippen molar-refractivity contribution < 1.29 is 23.7 Å². The molecule has 2 aromatic rings. The van der Waals surface area contributed by atoms with Crippen LogP contribution in [0.2, 0.25) is 0 Å². The van der Waals surface area contributed by atoms with Gasteiger partial charge >= 0.3 is 0 Å². The van der Waals surface area contributed by atoms with Gasteiger partial charge in [0.1, 0.15) is 0 Å². The first kappa shape index (κ1) is 20.7. The van der Waals surface area contributed by atoms with E-state index in [4.69, 9.17) is 18.9 Å². The Bertz CT molecular complexity index is 843. The number of carbonyl (C=O) groups is 1. The number of methoxy groups -OCH3 is 3. The lowest BCUT2D eigenvalue weighted by atomic mass is 10.1. The summed E-state index contributed by atoms with van der Waals surface area (Å²) in [6.07, 6.45) is 0. The molecule has 29 heavy (non-hydrogen) atoms. The molecule has 0 bridgehead atoms. The van der Waals surface area contributed by atoms with Crippen molar-refractivity contribution in [3.05, 3.63) is 35.2 Å². The third-order valence-corrected chi connectivity index (χ3v) is 4.55. The second-order valence-electron chi connectivity index (χ2n) is 6.50. The van der Waals surface area contributed by atoms with Gasteiger partial charge in [0.25, 0.3) is 5.91 Å². The van der Waals surface area contributed by atoms with Crippen molar-refractivity contribution in [1.29, 1.82) is 0 Å². The summed E-state index contributed by atoms with van der Waals surface area (Å²) in [6, 6.07) is 5.08. The third-order valence-electron chi connectivity index (χ3n) is 4.55. The molecule has 0 atom stereocenters. The smallest absolute Gasteiger partial charge is 0.251 e. The molecule has 0 unspecified atom stereocenters. The summed E-state index contributed by atoms with van der Waals surface area (Å²) in [5.41, 5.74) is 1.98. The highest BCUT2D eigenvalue weighted by molar-refractivity contribution is 5.95. The van der Waals surface area contributed by atoms with Crippen LogP contribution in [0.15, 0.2) is 18.2 Å². The topological polar surface area (TPSA) is 95.0 Å². The van der Waals surface area contributed by atoms with Gasteiger partial charge in [0, 0.05) is 24.3 Å². The van der Waals surface area contributed by atoms with Gasteiger partial charge in [-0.2, -0.15) is 0 Å². The zero-order chi connectivity index (χ0) is 20.8. The molecule has 1 amide bonds. The van der Waals surface area contributed by atoms with E-state index in [0.717, 1.165) is 24.5 Å². The molecule has 9 nitrogen and oxygen atoms in total. The number of benzene rings is 1. The van der Waals surface area contributed by atoms with E-state index in [1.54, 1.807) is 12.1 Å². The monoisotopic (exact) mass is 402 g/mol. The molecule has 1 fully saturated rings. The highest BCUT2D eigenvalue weighted by Crippen LogP contribution is 2.38. The zero-order valence-corrected chi connectivity index (χ0v) is 17.2. The van der Waals surface area contributed by atoms with Gasteiger partial charge in [-0.05, 0) is 25.1 Å². The fourth-order valence-corrected chi connectivity index (χ4v) is 3.10. The molecule has 9 heteroatoms. The van der Waals surface area contributed by atoms with Crippen molar-refractivity contribution in [2.45, 2.75) is 13.5 Å². The summed E-state index contributed by atoms with van der Waals surface area (Å²) in [7, 11) is 4.54. The maximum Gasteiger partial charge on any atom is 0.251 e. The van der Waals surface area contributed by atoms with E-state index >= 15 is 0 Å². The van der Waals surface area contributed by atoms with Crippen LogP contribution in [0.3, 0.4) is 0 Å². The number of aryl methyl sites for hydroxylation is 1. The number of aromatic nitrogens is 2. The predicted octanol–water partition coefficient (Wildman–Crippen LogP) is 1.58. The summed E-state index contributed by atoms with van der Waals surface area (Å²) < 4.78 is 21.3. The molecule has 1 N–H and O–H groups in total. The van der Waals surface area contributed by atoms with Crippen molar-refractivity contribution in [3.63, 3.8) is 0 Å². The van der Waals surface area contributed by atoms with Gasteiger partial charge in [0.2, 0.25) is 11.7 Å². The number of rotatable bonds is 7. The molecule has 0 saturated carbocycles. The van der Waals surface area contributed by atoms with E-state index in [1.165, 1.54) is 21.3 Å². The molecular formula is C20H26N4O5. The molecule has 0 aliphatic carbocycles. The summed E-state index contributed by atoms with van der Waals surface area (Å²) >= 11 is 0. The molecule has 3 rings (SSSR count). The van der Waals surface area contributed by atoms with Crippen molar-refractivity contribution in [2.75, 3.05) is 52.5 Å². The molecule has 0 spiro atoms. The Kier molecular flexibility index (Phi) is 6.71. The van der Waals surface area contributed by atoms with Crippen molar-refractivity contribution in [1.82, 2.24) is 15.3 Å². The van der Waals surface area contributed by atoms with Gasteiger partial charge in [0.15, 0.2) is 11.5 Å². The average Bonchev–Trinajstić information content (AvgIpc) is 2.76. The van der Waals surface area contributed by atoms with Gasteiger partial charge in [-0.3, -0.25) is 4.79 Å². The fourth-order valence-electron chi connectivity index (χ4n) is 3.10. The minimum atomic E-state index is -0.270. The van der Waals surface area contributed by atoms with Crippen molar-refractivity contribution >= 4 is 11.9 Å². The largest absolute Gasteiger partial charge is 0.493 e. The maximum absolute atomic E-state index is 12.7. The van der Waals surface area contributed by atoms with E-state index < -0.39 is 0 Å². The number of amides is 1. The Hall–Kier alpha value is -3.07. The Morgan fingerprint density at radius 1 is 1.07 bits per heavy atom. The van der Waals surface area contributed by atoms with E-state index in [1.807, 2.05) is 13.0 Å². The van der Waals surface area contributed by atoms with Crippen LogP contribution in [-0.2, 0) is 11.3 Å². The summed E-state index contributed by atoms with van der Waals surface area (Å²) in [5.74, 6) is 1.67. The maximum atomic E-state index is 12.7. The van der Waals surface area contributed by atoms with Gasteiger partial charge in [-0.25, -0.2) is 9.97 Å². The Balaban J connectivity index is 1.74. The van der Waals surface area contributed by atoms with Crippen molar-refractivity contribution in [3.8, 4) is 17.2 Å². The van der Waals surface area contributed by atoms with Crippen LogP contribution in [-0.4, -0.2) is 63.5 Å². The lowest BCUT2D eigenvalue weighted by molar-refractivity contribution is 0.0949. The number of hydrogen-bond donors (Lipinski definition) is 1. The van der Waals surface area contributed by atoms with Crippen LogP contribution in [0.4, 0.5) is 5.95 Å². The number of anilines is 1. The van der Waals surface area contributed by atoms with Crippen LogP contribution < -0.4 is 24.4 Å². The van der Waals surface area contributed by atoms with Crippen molar-refractivity contribution in [2.24, 2.45) is 0 Å². The van der Waals surface area contributed by atoms with Crippen LogP contribution in [0.25, 0.3) is 0 Å². The number of ether oxygens (including phenoxy) is 4. The summed E-state index contributed by atoms with van der Waals surface area (Å²) in [5, 5.41) is 2.89. The van der Waals surface area contributed by atoms with Gasteiger partial charge in [0.05, 0.1) is 46.8 Å². The molecule has 1 saturated heterocycles. The normalized spacial score (nSPS) is 13.7. The molecular weight excluding hydrogens is 376 g/mol. The Morgan fingerprint density at radius 2 is 1.72 bits per heavy atom. The fraction of sp³-hybridized carbons (Fsp3) is 0.450. The minimum absolute atomic E-state index is 0.270. The second kappa shape index (κ2) is 9.42. The zero-order valence-electron chi connectivity index (χ0n) is 17.2. The van der Waals surface area contributed by atoms with Crippen LogP contribution in [0.5, 0.6) is 17.2 Å². The van der Waals surface area contributed by atoms with E-state index in [0.29, 0.717) is 42.0 Å². The van der Waals surface area contributed by atoms with Crippen LogP contribution >= 0.6 is 0 Å². The number of hydrogen-bond acceptors (Lipinski definition) is 8. The first-order chi connectivity index (χ1) is 14.0. The number of carbonyl (C=O) groups excluding carboxylic acids is 1. The molecule has 0 radical (unpaired) electrons. The quantitative estimate of drug-likeness (QED) is 0.746. The van der Waals surface area contributed by atoms with E-state index in [9.17, 15) is 4.79 Å². The van der Waals surface area contributed by atoms with Crippen LogP contribution in [0.1, 0.15) is 21.7 Å². The Labute approximate surface area is 169 Å². The molecule has 2 heterocycles. The highest BCUT2D eigenvalue weighted by atomic mass is 16.5. The molecule has 1 aliphatic rings. The number of morpholine rings is 1. The standard InChI is InChI=1S/C20H26N4O5/c1-13-9-15(23-20(22-13)24-5-7-29-8-6-24)12-21-19(25)14-10-16(26-2)18(28-4)17(11-14)27-3/h9-11H,5-8,12H2,1-4H3,(H,21,25). The van der Waals surface area contributed by atoms with Gasteiger partial charge in [-0.1, -0.05) is 0 Å². The highest BCUT2D eigenvalue weighted by Gasteiger charge is 2.18.